The molecule has 0 rings (SSSR count). The van der Waals surface area contributed by atoms with Crippen molar-refractivity contribution >= 4 is 0 Å². The maximum Gasteiger partial charge on any atom is 0.401 e. The van der Waals surface area contributed by atoms with Gasteiger partial charge in [0.05, 0.1) is 18.0 Å². The van der Waals surface area contributed by atoms with Crippen molar-refractivity contribution in [1.82, 2.24) is 10.2 Å². The summed E-state index contributed by atoms with van der Waals surface area (Å²) in [5, 5.41) is 11.6. The number of nitrogens with zero attached hydrogens (tertiary/aromatic N) is 2. The van der Waals surface area contributed by atoms with Crippen LogP contribution in [0.2, 0.25) is 0 Å². The highest BCUT2D eigenvalue weighted by Gasteiger charge is 2.32. The molecular formula is C10H18F3N3. The van der Waals surface area contributed by atoms with E-state index in [0.29, 0.717) is 6.54 Å². The smallest absolute Gasteiger partial charge is 0.318 e. The van der Waals surface area contributed by atoms with E-state index in [1.54, 1.807) is 20.9 Å². The lowest BCUT2D eigenvalue weighted by atomic mass is 9.95. The molecule has 1 N–H and O–H groups in total. The molecule has 0 saturated carbocycles. The molecule has 0 radical (unpaired) electrons. The molecule has 16 heavy (non-hydrogen) atoms. The summed E-state index contributed by atoms with van der Waals surface area (Å²) in [6.45, 7) is 3.16. The van der Waals surface area contributed by atoms with E-state index >= 15 is 0 Å². The van der Waals surface area contributed by atoms with Crippen LogP contribution < -0.4 is 5.32 Å². The summed E-state index contributed by atoms with van der Waals surface area (Å²) in [4.78, 5) is 1.25. The van der Waals surface area contributed by atoms with Crippen LogP contribution in [0.3, 0.4) is 0 Å². The van der Waals surface area contributed by atoms with Crippen molar-refractivity contribution in [3.8, 4) is 6.07 Å². The first-order valence-electron chi connectivity index (χ1n) is 5.05. The lowest BCUT2D eigenvalue weighted by Gasteiger charge is -2.28. The van der Waals surface area contributed by atoms with Crippen molar-refractivity contribution in [1.29, 1.82) is 5.26 Å². The van der Waals surface area contributed by atoms with E-state index in [4.69, 9.17) is 5.26 Å². The minimum atomic E-state index is -4.22. The lowest BCUT2D eigenvalue weighted by molar-refractivity contribution is -0.147. The van der Waals surface area contributed by atoms with E-state index in [9.17, 15) is 13.2 Å². The van der Waals surface area contributed by atoms with Gasteiger partial charge in [0.25, 0.3) is 0 Å². The summed E-state index contributed by atoms with van der Waals surface area (Å²) >= 11 is 0. The molecule has 0 aliphatic carbocycles. The molecule has 0 aromatic carbocycles. The summed E-state index contributed by atoms with van der Waals surface area (Å²) < 4.78 is 36.8. The van der Waals surface area contributed by atoms with Crippen molar-refractivity contribution in [2.75, 3.05) is 33.2 Å². The molecule has 0 saturated heterocycles. The van der Waals surface area contributed by atoms with Crippen molar-refractivity contribution in [3.05, 3.63) is 0 Å². The molecule has 0 amide bonds. The van der Waals surface area contributed by atoms with Crippen molar-refractivity contribution in [2.24, 2.45) is 5.41 Å². The molecule has 0 unspecified atom stereocenters. The third-order valence-corrected chi connectivity index (χ3v) is 2.00. The number of halogens is 3. The number of likely N-dealkylation sites (N-methyl/N-ethyl adjacent to an activating group) is 1. The van der Waals surface area contributed by atoms with Crippen LogP contribution in [0, 0.1) is 16.7 Å². The van der Waals surface area contributed by atoms with Gasteiger partial charge in [-0.1, -0.05) is 0 Å². The van der Waals surface area contributed by atoms with E-state index in [-0.39, 0.29) is 13.1 Å². The van der Waals surface area contributed by atoms with Gasteiger partial charge in [-0.05, 0) is 20.9 Å². The van der Waals surface area contributed by atoms with Gasteiger partial charge in [0.1, 0.15) is 0 Å². The quantitative estimate of drug-likeness (QED) is 0.763. The third kappa shape index (κ3) is 7.49. The van der Waals surface area contributed by atoms with Crippen molar-refractivity contribution < 1.29 is 13.2 Å². The Balaban J connectivity index is 4.38. The van der Waals surface area contributed by atoms with Crippen LogP contribution in [-0.4, -0.2) is 44.3 Å². The summed E-state index contributed by atoms with van der Waals surface area (Å²) in [7, 11) is 1.68. The first kappa shape index (κ1) is 15.2. The SMILES string of the molecule is CNCCN(CC(F)(F)F)CC(C)(C)C#N. The van der Waals surface area contributed by atoms with Gasteiger partial charge in [-0.3, -0.25) is 4.90 Å². The molecule has 0 aromatic heterocycles. The van der Waals surface area contributed by atoms with Crippen LogP contribution in [0.1, 0.15) is 13.8 Å². The number of nitrogens with one attached hydrogen (secondary N) is 1. The van der Waals surface area contributed by atoms with Gasteiger partial charge in [-0.15, -0.1) is 0 Å². The van der Waals surface area contributed by atoms with Crippen LogP contribution >= 0.6 is 0 Å². The molecule has 6 heteroatoms. The molecule has 0 spiro atoms. The molecule has 3 nitrogen and oxygen atoms in total. The van der Waals surface area contributed by atoms with E-state index in [2.05, 4.69) is 5.32 Å². The van der Waals surface area contributed by atoms with Gasteiger partial charge in [-0.2, -0.15) is 18.4 Å². The highest BCUT2D eigenvalue weighted by Crippen LogP contribution is 2.20. The van der Waals surface area contributed by atoms with Gasteiger partial charge in [0.2, 0.25) is 0 Å². The fraction of sp³-hybridized carbons (Fsp3) is 0.900. The first-order valence-corrected chi connectivity index (χ1v) is 5.05. The second-order valence-corrected chi connectivity index (χ2v) is 4.43. The fourth-order valence-electron chi connectivity index (χ4n) is 1.33. The number of rotatable bonds is 6. The Hall–Kier alpha value is -0.800. The van der Waals surface area contributed by atoms with Crippen LogP contribution in [0.15, 0.2) is 0 Å². The van der Waals surface area contributed by atoms with Gasteiger partial charge < -0.3 is 5.32 Å². The Morgan fingerprint density at radius 1 is 1.25 bits per heavy atom. The third-order valence-electron chi connectivity index (χ3n) is 2.00. The van der Waals surface area contributed by atoms with Gasteiger partial charge in [0, 0.05) is 19.6 Å². The molecular weight excluding hydrogens is 219 g/mol. The average molecular weight is 237 g/mol. The van der Waals surface area contributed by atoms with E-state index in [1.165, 1.54) is 4.90 Å². The minimum absolute atomic E-state index is 0.116. The average Bonchev–Trinajstić information content (AvgIpc) is 2.11. The summed E-state index contributed by atoms with van der Waals surface area (Å²) in [5.74, 6) is 0. The molecule has 0 heterocycles. The van der Waals surface area contributed by atoms with E-state index < -0.39 is 18.1 Å². The normalized spacial score (nSPS) is 12.9. The van der Waals surface area contributed by atoms with E-state index in [0.717, 1.165) is 0 Å². The van der Waals surface area contributed by atoms with Gasteiger partial charge >= 0.3 is 6.18 Å². The maximum absolute atomic E-state index is 12.3. The molecule has 0 atom stereocenters. The zero-order chi connectivity index (χ0) is 12.8. The van der Waals surface area contributed by atoms with Crippen molar-refractivity contribution in [2.45, 2.75) is 20.0 Å². The summed E-state index contributed by atoms with van der Waals surface area (Å²) in [6.07, 6.45) is -4.22. The highest BCUT2D eigenvalue weighted by molar-refractivity contribution is 4.94. The van der Waals surface area contributed by atoms with Crippen LogP contribution in [0.4, 0.5) is 13.2 Å². The molecule has 94 valence electrons. The second kappa shape index (κ2) is 6.06. The summed E-state index contributed by atoms with van der Waals surface area (Å²) in [5.41, 5.74) is -0.765. The first-order chi connectivity index (χ1) is 7.20. The van der Waals surface area contributed by atoms with E-state index in [1.807, 2.05) is 6.07 Å². The number of hydrogen-bond donors (Lipinski definition) is 1. The summed E-state index contributed by atoms with van der Waals surface area (Å²) in [6, 6.07) is 2.00. The van der Waals surface area contributed by atoms with Crippen molar-refractivity contribution in [3.63, 3.8) is 0 Å². The Morgan fingerprint density at radius 3 is 2.19 bits per heavy atom. The zero-order valence-electron chi connectivity index (χ0n) is 9.86. The largest absolute Gasteiger partial charge is 0.401 e. The van der Waals surface area contributed by atoms with Crippen LogP contribution in [-0.2, 0) is 0 Å². The van der Waals surface area contributed by atoms with Gasteiger partial charge in [0.15, 0.2) is 0 Å². The highest BCUT2D eigenvalue weighted by atomic mass is 19.4. The minimum Gasteiger partial charge on any atom is -0.318 e. The Kier molecular flexibility index (Phi) is 5.76. The number of alkyl halides is 3. The maximum atomic E-state index is 12.3. The predicted octanol–water partition coefficient (Wildman–Crippen LogP) is 1.62. The monoisotopic (exact) mass is 237 g/mol. The predicted molar refractivity (Wildman–Crippen MR) is 55.8 cm³/mol. The zero-order valence-corrected chi connectivity index (χ0v) is 9.86. The molecule has 0 bridgehead atoms. The van der Waals surface area contributed by atoms with Gasteiger partial charge in [-0.25, -0.2) is 0 Å². The number of nitriles is 1. The molecule has 0 aliphatic heterocycles. The standard InChI is InChI=1S/C10H18F3N3/c1-9(2,6-14)7-16(5-4-15-3)8-10(11,12)13/h15H,4-5,7-8H2,1-3H3. The topological polar surface area (TPSA) is 39.1 Å². The lowest BCUT2D eigenvalue weighted by Crippen LogP contribution is -2.42. The Morgan fingerprint density at radius 2 is 1.81 bits per heavy atom. The molecule has 0 aliphatic rings. The van der Waals surface area contributed by atoms with Crippen LogP contribution in [0.25, 0.3) is 0 Å². The fourth-order valence-corrected chi connectivity index (χ4v) is 1.33. The second-order valence-electron chi connectivity index (χ2n) is 4.43. The van der Waals surface area contributed by atoms with Crippen LogP contribution in [0.5, 0.6) is 0 Å². The Labute approximate surface area is 94.2 Å². The molecule has 0 aromatic rings. The number of hydrogen-bond acceptors (Lipinski definition) is 3. The Bertz CT molecular complexity index is 243. The molecule has 0 fully saturated rings.